The second-order valence-corrected chi connectivity index (χ2v) is 5.70. The smallest absolute Gasteiger partial charge is 0.266 e. The van der Waals surface area contributed by atoms with Gasteiger partial charge in [-0.2, -0.15) is 0 Å². The van der Waals surface area contributed by atoms with Crippen LogP contribution >= 0.6 is 23.4 Å². The molecule has 22 heavy (non-hydrogen) atoms. The van der Waals surface area contributed by atoms with Crippen LogP contribution in [0.25, 0.3) is 6.08 Å². The molecule has 2 aromatic rings. The summed E-state index contributed by atoms with van der Waals surface area (Å²) in [4.78, 5) is 18.6. The summed E-state index contributed by atoms with van der Waals surface area (Å²) >= 11 is 7.06. The molecule has 112 valence electrons. The highest BCUT2D eigenvalue weighted by molar-refractivity contribution is 8.18. The number of thioether (sulfide) groups is 1. The first kappa shape index (κ1) is 14.7. The maximum atomic E-state index is 12.4. The molecule has 3 rings (SSSR count). The highest BCUT2D eigenvalue weighted by Crippen LogP contribution is 2.32. The van der Waals surface area contributed by atoms with Crippen LogP contribution in [0.5, 0.6) is 0 Å². The van der Waals surface area contributed by atoms with E-state index in [0.717, 1.165) is 5.56 Å². The molecule has 2 aromatic heterocycles. The van der Waals surface area contributed by atoms with Gasteiger partial charge in [-0.1, -0.05) is 17.7 Å². The van der Waals surface area contributed by atoms with E-state index in [1.807, 2.05) is 6.92 Å². The molecule has 0 atom stereocenters. The fourth-order valence-corrected chi connectivity index (χ4v) is 2.99. The molecular formula is C13H11ClN6OS. The Kier molecular flexibility index (Phi) is 4.21. The molecule has 1 fully saturated rings. The van der Waals surface area contributed by atoms with Crippen LogP contribution in [0.4, 0.5) is 0 Å². The lowest BCUT2D eigenvalue weighted by molar-refractivity contribution is -0.122. The molecule has 1 aliphatic heterocycles. The van der Waals surface area contributed by atoms with Crippen LogP contribution < -0.4 is 0 Å². The molecule has 1 aliphatic rings. The molecule has 1 saturated heterocycles. The molecule has 0 unspecified atom stereocenters. The summed E-state index contributed by atoms with van der Waals surface area (Å²) in [6, 6.07) is 3.49. The van der Waals surface area contributed by atoms with Gasteiger partial charge in [0, 0.05) is 12.7 Å². The third-order valence-electron chi connectivity index (χ3n) is 2.86. The summed E-state index contributed by atoms with van der Waals surface area (Å²) in [5.41, 5.74) is 0.807. The van der Waals surface area contributed by atoms with Gasteiger partial charge in [-0.05, 0) is 36.4 Å². The van der Waals surface area contributed by atoms with Crippen molar-refractivity contribution in [3.8, 4) is 0 Å². The Morgan fingerprint density at radius 1 is 1.36 bits per heavy atom. The van der Waals surface area contributed by atoms with Crippen LogP contribution in [0, 0.1) is 0 Å². The summed E-state index contributed by atoms with van der Waals surface area (Å²) in [5.74, 6) is -0.0886. The first-order valence-corrected chi connectivity index (χ1v) is 7.63. The number of aromatic nitrogens is 4. The van der Waals surface area contributed by atoms with Crippen LogP contribution in [0.3, 0.4) is 0 Å². The summed E-state index contributed by atoms with van der Waals surface area (Å²) in [6.45, 7) is 2.43. The molecule has 1 amide bonds. The first-order valence-electron chi connectivity index (χ1n) is 6.44. The molecule has 0 N–H and O–H groups in total. The minimum atomic E-state index is -0.0886. The molecule has 0 aliphatic carbocycles. The third-order valence-corrected chi connectivity index (χ3v) is 4.08. The van der Waals surface area contributed by atoms with Gasteiger partial charge in [-0.3, -0.25) is 9.69 Å². The van der Waals surface area contributed by atoms with Gasteiger partial charge in [-0.15, -0.1) is 15.3 Å². The summed E-state index contributed by atoms with van der Waals surface area (Å²) in [6.07, 6.45) is 6.33. The van der Waals surface area contributed by atoms with Gasteiger partial charge in [0.05, 0.1) is 4.91 Å². The Bertz CT molecular complexity index is 740. The van der Waals surface area contributed by atoms with E-state index < -0.39 is 0 Å². The number of rotatable bonds is 3. The van der Waals surface area contributed by atoms with Crippen LogP contribution in [-0.2, 0) is 4.79 Å². The lowest BCUT2D eigenvalue weighted by atomic mass is 10.2. The topological polar surface area (TPSA) is 76.3 Å². The second kappa shape index (κ2) is 6.29. The number of likely N-dealkylation sites (N-methyl/N-ethyl adjacent to an activating group) is 1. The van der Waals surface area contributed by atoms with Crippen molar-refractivity contribution in [3.63, 3.8) is 0 Å². The van der Waals surface area contributed by atoms with E-state index in [-0.39, 0.29) is 5.91 Å². The number of carbonyl (C=O) groups excluding carboxylic acids is 1. The molecule has 0 saturated carbocycles. The Balaban J connectivity index is 1.91. The minimum Gasteiger partial charge on any atom is -0.285 e. The summed E-state index contributed by atoms with van der Waals surface area (Å²) in [5, 5.41) is 12.7. The van der Waals surface area contributed by atoms with Crippen molar-refractivity contribution in [1.82, 2.24) is 24.8 Å². The number of carbonyl (C=O) groups is 1. The first-order chi connectivity index (χ1) is 10.7. The van der Waals surface area contributed by atoms with Crippen LogP contribution in [0.15, 0.2) is 41.0 Å². The van der Waals surface area contributed by atoms with Crippen molar-refractivity contribution in [2.45, 2.75) is 6.92 Å². The van der Waals surface area contributed by atoms with Gasteiger partial charge in [0.1, 0.15) is 17.8 Å². The van der Waals surface area contributed by atoms with Crippen LogP contribution in [0.1, 0.15) is 12.5 Å². The van der Waals surface area contributed by atoms with E-state index in [2.05, 4.69) is 20.3 Å². The quantitative estimate of drug-likeness (QED) is 0.634. The standard InChI is InChI=1S/C13H11ClN6OS/c1-2-20-12(21)10(5-9-3-4-11(14)15-6-9)22-13(20)18-19-7-16-17-8-19/h3-8H,2H2,1H3/b10-5+,18-13+. The molecular weight excluding hydrogens is 324 g/mol. The van der Waals surface area contributed by atoms with E-state index in [1.54, 1.807) is 29.3 Å². The van der Waals surface area contributed by atoms with E-state index in [9.17, 15) is 4.79 Å². The molecule has 0 aromatic carbocycles. The summed E-state index contributed by atoms with van der Waals surface area (Å²) in [7, 11) is 0. The number of nitrogens with zero attached hydrogens (tertiary/aromatic N) is 6. The lowest BCUT2D eigenvalue weighted by Gasteiger charge is -2.11. The highest BCUT2D eigenvalue weighted by atomic mass is 35.5. The van der Waals surface area contributed by atoms with Crippen molar-refractivity contribution in [3.05, 3.63) is 46.6 Å². The number of halogens is 1. The molecule has 7 nitrogen and oxygen atoms in total. The monoisotopic (exact) mass is 334 g/mol. The Hall–Kier alpha value is -2.19. The minimum absolute atomic E-state index is 0.0886. The largest absolute Gasteiger partial charge is 0.285 e. The zero-order chi connectivity index (χ0) is 15.5. The maximum absolute atomic E-state index is 12.4. The second-order valence-electron chi connectivity index (χ2n) is 4.30. The van der Waals surface area contributed by atoms with E-state index in [4.69, 9.17) is 11.6 Å². The number of hydrogen-bond donors (Lipinski definition) is 0. The molecule has 0 bridgehead atoms. The average Bonchev–Trinajstić information content (AvgIpc) is 3.11. The summed E-state index contributed by atoms with van der Waals surface area (Å²) < 4.78 is 1.46. The zero-order valence-electron chi connectivity index (χ0n) is 11.5. The molecule has 3 heterocycles. The van der Waals surface area contributed by atoms with Gasteiger partial charge >= 0.3 is 0 Å². The van der Waals surface area contributed by atoms with Gasteiger partial charge in [-0.25, -0.2) is 9.66 Å². The van der Waals surface area contributed by atoms with Crippen molar-refractivity contribution in [1.29, 1.82) is 0 Å². The molecule has 9 heteroatoms. The molecule has 0 radical (unpaired) electrons. The van der Waals surface area contributed by atoms with Crippen molar-refractivity contribution in [2.75, 3.05) is 6.54 Å². The predicted molar refractivity (Wildman–Crippen MR) is 85.1 cm³/mol. The van der Waals surface area contributed by atoms with Crippen molar-refractivity contribution in [2.24, 2.45) is 5.10 Å². The van der Waals surface area contributed by atoms with E-state index >= 15 is 0 Å². The van der Waals surface area contributed by atoms with Gasteiger partial charge < -0.3 is 0 Å². The van der Waals surface area contributed by atoms with Gasteiger partial charge in [0.15, 0.2) is 5.17 Å². The molecule has 0 spiro atoms. The number of hydrogen-bond acceptors (Lipinski definition) is 6. The Morgan fingerprint density at radius 2 is 2.14 bits per heavy atom. The van der Waals surface area contributed by atoms with Crippen LogP contribution in [0.2, 0.25) is 5.15 Å². The Morgan fingerprint density at radius 3 is 2.77 bits per heavy atom. The maximum Gasteiger partial charge on any atom is 0.266 e. The Labute approximate surface area is 135 Å². The highest BCUT2D eigenvalue weighted by Gasteiger charge is 2.32. The lowest BCUT2D eigenvalue weighted by Crippen LogP contribution is -2.29. The predicted octanol–water partition coefficient (Wildman–Crippen LogP) is 2.08. The SMILES string of the molecule is CCN1C(=O)/C(=C\c2ccc(Cl)nc2)S/C1=N/n1cnnc1. The fourth-order valence-electron chi connectivity index (χ4n) is 1.83. The third kappa shape index (κ3) is 3.02. The van der Waals surface area contributed by atoms with E-state index in [1.165, 1.54) is 29.1 Å². The van der Waals surface area contributed by atoms with Crippen LogP contribution in [-0.4, -0.2) is 42.4 Å². The fraction of sp³-hybridized carbons (Fsp3) is 0.154. The van der Waals surface area contributed by atoms with Gasteiger partial charge in [0.2, 0.25) is 0 Å². The zero-order valence-corrected chi connectivity index (χ0v) is 13.1. The van der Waals surface area contributed by atoms with E-state index in [0.29, 0.717) is 21.8 Å². The average molecular weight is 335 g/mol. The van der Waals surface area contributed by atoms with Crippen molar-refractivity contribution < 1.29 is 4.79 Å². The normalized spacial score (nSPS) is 18.6. The number of amidine groups is 1. The number of amides is 1. The number of pyridine rings is 1. The van der Waals surface area contributed by atoms with Crippen molar-refractivity contribution >= 4 is 40.5 Å². The van der Waals surface area contributed by atoms with Gasteiger partial charge in [0.25, 0.3) is 5.91 Å².